The van der Waals surface area contributed by atoms with Crippen molar-refractivity contribution in [1.29, 1.82) is 0 Å². The van der Waals surface area contributed by atoms with Crippen LogP contribution in [0.2, 0.25) is 0 Å². The number of hydrogen-bond donors (Lipinski definition) is 1. The van der Waals surface area contributed by atoms with Crippen LogP contribution in [0.15, 0.2) is 0 Å². The number of thioether (sulfide) groups is 1. The summed E-state index contributed by atoms with van der Waals surface area (Å²) in [5.74, 6) is 3.07. The molecule has 1 N–H and O–H groups in total. The van der Waals surface area contributed by atoms with E-state index in [4.69, 9.17) is 0 Å². The summed E-state index contributed by atoms with van der Waals surface area (Å²) in [6, 6.07) is 0.489. The molecule has 0 amide bonds. The quantitative estimate of drug-likeness (QED) is 0.770. The molecule has 1 heterocycles. The minimum absolute atomic E-state index is 0.489. The highest BCUT2D eigenvalue weighted by atomic mass is 32.2. The average molecular weight is 267 g/mol. The second-order valence-corrected chi connectivity index (χ2v) is 5.98. The molecule has 0 bridgehead atoms. The summed E-state index contributed by atoms with van der Waals surface area (Å²) in [5, 5.41) is 3.43. The van der Waals surface area contributed by atoms with Gasteiger partial charge < -0.3 is 5.32 Å². The molecule has 4 heteroatoms. The minimum atomic E-state index is 0.489. The molecule has 0 aliphatic rings. The highest BCUT2D eigenvalue weighted by molar-refractivity contribution is 7.98. The predicted molar refractivity (Wildman–Crippen MR) is 79.9 cm³/mol. The van der Waals surface area contributed by atoms with Gasteiger partial charge in [-0.3, -0.25) is 0 Å². The summed E-state index contributed by atoms with van der Waals surface area (Å²) < 4.78 is 0. The Hall–Kier alpha value is -0.610. The van der Waals surface area contributed by atoms with Gasteiger partial charge >= 0.3 is 0 Å². The molecule has 0 aliphatic carbocycles. The van der Waals surface area contributed by atoms with Crippen LogP contribution in [0.1, 0.15) is 50.0 Å². The maximum Gasteiger partial charge on any atom is 0.138 e. The number of nitrogens with zero attached hydrogens (tertiary/aromatic N) is 2. The minimum Gasteiger partial charge on any atom is -0.310 e. The van der Waals surface area contributed by atoms with E-state index in [9.17, 15) is 0 Å². The van der Waals surface area contributed by atoms with Crippen LogP contribution in [0, 0.1) is 13.8 Å². The Bertz CT molecular complexity index is 354. The maximum atomic E-state index is 4.61. The van der Waals surface area contributed by atoms with Gasteiger partial charge in [0, 0.05) is 29.5 Å². The molecule has 0 radical (unpaired) electrons. The predicted octanol–water partition coefficient (Wildman–Crippen LogP) is 3.23. The van der Waals surface area contributed by atoms with E-state index in [-0.39, 0.29) is 0 Å². The molecular weight excluding hydrogens is 242 g/mol. The van der Waals surface area contributed by atoms with Crippen LogP contribution < -0.4 is 5.32 Å². The van der Waals surface area contributed by atoms with Gasteiger partial charge in [0.25, 0.3) is 0 Å². The third-order valence-corrected chi connectivity index (χ3v) is 3.89. The van der Waals surface area contributed by atoms with Gasteiger partial charge in [0.05, 0.1) is 5.75 Å². The first-order valence-electron chi connectivity index (χ1n) is 6.68. The summed E-state index contributed by atoms with van der Waals surface area (Å²) in [4.78, 5) is 9.22. The summed E-state index contributed by atoms with van der Waals surface area (Å²) in [7, 11) is 0. The third-order valence-electron chi connectivity index (χ3n) is 2.73. The lowest BCUT2D eigenvalue weighted by Gasteiger charge is -2.13. The molecule has 0 saturated heterocycles. The van der Waals surface area contributed by atoms with Gasteiger partial charge in [-0.1, -0.05) is 20.8 Å². The van der Waals surface area contributed by atoms with E-state index < -0.39 is 0 Å². The van der Waals surface area contributed by atoms with Gasteiger partial charge in [0.15, 0.2) is 0 Å². The van der Waals surface area contributed by atoms with Gasteiger partial charge in [0.2, 0.25) is 0 Å². The average Bonchev–Trinajstić information content (AvgIpc) is 2.28. The van der Waals surface area contributed by atoms with E-state index >= 15 is 0 Å². The van der Waals surface area contributed by atoms with Crippen LogP contribution in [-0.2, 0) is 12.3 Å². The molecule has 0 saturated carbocycles. The van der Waals surface area contributed by atoms with Gasteiger partial charge in [-0.25, -0.2) is 9.97 Å². The molecular formula is C14H25N3S. The summed E-state index contributed by atoms with van der Waals surface area (Å²) in [5.41, 5.74) is 3.47. The van der Waals surface area contributed by atoms with Crippen molar-refractivity contribution < 1.29 is 0 Å². The van der Waals surface area contributed by atoms with Crippen molar-refractivity contribution >= 4 is 11.8 Å². The van der Waals surface area contributed by atoms with E-state index in [0.717, 1.165) is 29.5 Å². The molecule has 1 aromatic rings. The fraction of sp³-hybridized carbons (Fsp3) is 0.714. The fourth-order valence-corrected chi connectivity index (χ4v) is 2.49. The molecule has 0 spiro atoms. The number of nitrogens with one attached hydrogen (secondary N) is 1. The fourth-order valence-electron chi connectivity index (χ4n) is 1.74. The van der Waals surface area contributed by atoms with E-state index in [1.807, 2.05) is 11.8 Å². The Morgan fingerprint density at radius 2 is 1.78 bits per heavy atom. The van der Waals surface area contributed by atoms with Crippen LogP contribution in [0.5, 0.6) is 0 Å². The van der Waals surface area contributed by atoms with Crippen LogP contribution >= 0.6 is 11.8 Å². The van der Waals surface area contributed by atoms with E-state index in [2.05, 4.69) is 49.9 Å². The Kier molecular flexibility index (Phi) is 6.65. The number of aryl methyl sites for hydroxylation is 2. The molecule has 18 heavy (non-hydrogen) atoms. The first-order chi connectivity index (χ1) is 8.54. The molecule has 0 fully saturated rings. The van der Waals surface area contributed by atoms with Crippen LogP contribution in [0.4, 0.5) is 0 Å². The van der Waals surface area contributed by atoms with E-state index in [1.54, 1.807) is 0 Å². The SMILES string of the molecule is CCCSCc1nc(C)c(CNC(C)C)c(C)n1. The molecule has 1 aromatic heterocycles. The van der Waals surface area contributed by atoms with Crippen molar-refractivity contribution in [3.05, 3.63) is 22.8 Å². The third kappa shape index (κ3) is 4.94. The number of rotatable bonds is 7. The first kappa shape index (κ1) is 15.4. The lowest BCUT2D eigenvalue weighted by molar-refractivity contribution is 0.582. The van der Waals surface area contributed by atoms with Crippen molar-refractivity contribution in [3.8, 4) is 0 Å². The largest absolute Gasteiger partial charge is 0.310 e. The number of aromatic nitrogens is 2. The van der Waals surface area contributed by atoms with Crippen molar-refractivity contribution in [2.75, 3.05) is 5.75 Å². The molecule has 3 nitrogen and oxygen atoms in total. The van der Waals surface area contributed by atoms with Gasteiger partial charge in [-0.2, -0.15) is 11.8 Å². The lowest BCUT2D eigenvalue weighted by atomic mass is 10.1. The zero-order valence-electron chi connectivity index (χ0n) is 12.2. The molecule has 102 valence electrons. The van der Waals surface area contributed by atoms with Crippen molar-refractivity contribution in [1.82, 2.24) is 15.3 Å². The lowest BCUT2D eigenvalue weighted by Crippen LogP contribution is -2.23. The van der Waals surface area contributed by atoms with Crippen LogP contribution in [0.25, 0.3) is 0 Å². The summed E-state index contributed by atoms with van der Waals surface area (Å²) >= 11 is 1.91. The van der Waals surface area contributed by atoms with Gasteiger partial charge in [0.1, 0.15) is 5.82 Å². The number of hydrogen-bond acceptors (Lipinski definition) is 4. The van der Waals surface area contributed by atoms with E-state index in [1.165, 1.54) is 17.7 Å². The Labute approximate surface area is 115 Å². The molecule has 0 unspecified atom stereocenters. The maximum absolute atomic E-state index is 4.61. The van der Waals surface area contributed by atoms with Crippen LogP contribution in [0.3, 0.4) is 0 Å². The standard InChI is InChI=1S/C14H25N3S/c1-6-7-18-9-14-16-11(4)13(12(5)17-14)8-15-10(2)3/h10,15H,6-9H2,1-5H3. The second-order valence-electron chi connectivity index (χ2n) is 4.88. The summed E-state index contributed by atoms with van der Waals surface area (Å²) in [6.45, 7) is 11.5. The first-order valence-corrected chi connectivity index (χ1v) is 7.84. The Morgan fingerprint density at radius 1 is 1.17 bits per heavy atom. The van der Waals surface area contributed by atoms with Gasteiger partial charge in [-0.15, -0.1) is 0 Å². The van der Waals surface area contributed by atoms with E-state index in [0.29, 0.717) is 6.04 Å². The monoisotopic (exact) mass is 267 g/mol. The zero-order chi connectivity index (χ0) is 13.5. The topological polar surface area (TPSA) is 37.8 Å². The highest BCUT2D eigenvalue weighted by Crippen LogP contribution is 2.14. The molecule has 0 atom stereocenters. The Morgan fingerprint density at radius 3 is 2.28 bits per heavy atom. The molecule has 1 rings (SSSR count). The zero-order valence-corrected chi connectivity index (χ0v) is 13.0. The summed E-state index contributed by atoms with van der Waals surface area (Å²) in [6.07, 6.45) is 1.21. The molecule has 0 aliphatic heterocycles. The van der Waals surface area contributed by atoms with Crippen molar-refractivity contribution in [2.24, 2.45) is 0 Å². The van der Waals surface area contributed by atoms with Crippen molar-refractivity contribution in [2.45, 2.75) is 59.4 Å². The van der Waals surface area contributed by atoms with Crippen LogP contribution in [-0.4, -0.2) is 21.8 Å². The normalized spacial score (nSPS) is 11.2. The molecule has 0 aromatic carbocycles. The van der Waals surface area contributed by atoms with Gasteiger partial charge in [-0.05, 0) is 26.0 Å². The smallest absolute Gasteiger partial charge is 0.138 e. The van der Waals surface area contributed by atoms with Crippen molar-refractivity contribution in [3.63, 3.8) is 0 Å². The Balaban J connectivity index is 2.71. The highest BCUT2D eigenvalue weighted by Gasteiger charge is 2.08. The second kappa shape index (κ2) is 7.74.